The Morgan fingerprint density at radius 1 is 1.18 bits per heavy atom. The second-order valence-corrected chi connectivity index (χ2v) is 6.29. The van der Waals surface area contributed by atoms with Gasteiger partial charge in [-0.2, -0.15) is 0 Å². The van der Waals surface area contributed by atoms with E-state index in [4.69, 9.17) is 4.74 Å². The van der Waals surface area contributed by atoms with Crippen LogP contribution in [0.1, 0.15) is 63.9 Å². The normalized spacial score (nSPS) is 17.1. The van der Waals surface area contributed by atoms with E-state index in [1.54, 1.807) is 7.11 Å². The summed E-state index contributed by atoms with van der Waals surface area (Å²) in [6.45, 7) is 2.23. The number of unbranched alkanes of at least 4 members (excludes halogenated alkanes) is 1. The van der Waals surface area contributed by atoms with E-state index in [9.17, 15) is 0 Å². The Labute approximate surface area is 136 Å². The van der Waals surface area contributed by atoms with Crippen molar-refractivity contribution in [1.29, 1.82) is 0 Å². The van der Waals surface area contributed by atoms with Crippen molar-refractivity contribution >= 4 is 5.57 Å². The Hall–Kier alpha value is -1.50. The zero-order valence-electron chi connectivity index (χ0n) is 14.2. The van der Waals surface area contributed by atoms with Crippen molar-refractivity contribution < 1.29 is 4.74 Å². The first-order valence-corrected chi connectivity index (χ1v) is 8.83. The summed E-state index contributed by atoms with van der Waals surface area (Å²) in [5.41, 5.74) is 2.77. The van der Waals surface area contributed by atoms with E-state index in [1.807, 2.05) is 6.07 Å². The van der Waals surface area contributed by atoms with Crippen LogP contribution in [0.2, 0.25) is 0 Å². The number of ether oxygens (including phenoxy) is 1. The van der Waals surface area contributed by atoms with E-state index in [-0.39, 0.29) is 0 Å². The summed E-state index contributed by atoms with van der Waals surface area (Å²) in [5, 5.41) is 0. The van der Waals surface area contributed by atoms with Crippen LogP contribution in [0.5, 0.6) is 5.75 Å². The molecule has 0 aromatic heterocycles. The van der Waals surface area contributed by atoms with E-state index in [1.165, 1.54) is 56.1 Å². The highest BCUT2D eigenvalue weighted by molar-refractivity contribution is 5.68. The van der Waals surface area contributed by atoms with Gasteiger partial charge in [0, 0.05) is 0 Å². The zero-order valence-corrected chi connectivity index (χ0v) is 14.2. The molecular weight excluding hydrogens is 268 g/mol. The van der Waals surface area contributed by atoms with Gasteiger partial charge < -0.3 is 4.74 Å². The highest BCUT2D eigenvalue weighted by atomic mass is 16.5. The summed E-state index contributed by atoms with van der Waals surface area (Å²) >= 11 is 0. The SMILES string of the molecule is CCC/C=C/C/C(=C\C1CCCCC1)c1cccc(OC)c1. The van der Waals surface area contributed by atoms with Gasteiger partial charge in [0.1, 0.15) is 5.75 Å². The maximum absolute atomic E-state index is 5.39. The molecule has 1 aromatic rings. The van der Waals surface area contributed by atoms with Gasteiger partial charge in [-0.1, -0.05) is 63.0 Å². The Balaban J connectivity index is 2.17. The van der Waals surface area contributed by atoms with Gasteiger partial charge in [0.15, 0.2) is 0 Å². The molecule has 0 N–H and O–H groups in total. The Bertz CT molecular complexity index is 492. The lowest BCUT2D eigenvalue weighted by atomic mass is 9.86. The quantitative estimate of drug-likeness (QED) is 0.529. The minimum Gasteiger partial charge on any atom is -0.497 e. The fourth-order valence-electron chi connectivity index (χ4n) is 3.19. The van der Waals surface area contributed by atoms with Crippen molar-refractivity contribution in [2.45, 2.75) is 58.3 Å². The van der Waals surface area contributed by atoms with Crippen LogP contribution in [-0.2, 0) is 0 Å². The average molecular weight is 298 g/mol. The molecule has 1 saturated carbocycles. The van der Waals surface area contributed by atoms with Crippen LogP contribution >= 0.6 is 0 Å². The number of methoxy groups -OCH3 is 1. The summed E-state index contributed by atoms with van der Waals surface area (Å²) in [6.07, 6.45) is 17.5. The lowest BCUT2D eigenvalue weighted by molar-refractivity contribution is 0.414. The molecule has 1 fully saturated rings. The van der Waals surface area contributed by atoms with Crippen LogP contribution in [-0.4, -0.2) is 7.11 Å². The third-order valence-electron chi connectivity index (χ3n) is 4.49. The highest BCUT2D eigenvalue weighted by Gasteiger charge is 2.12. The molecule has 0 radical (unpaired) electrons. The maximum Gasteiger partial charge on any atom is 0.119 e. The lowest BCUT2D eigenvalue weighted by Crippen LogP contribution is -2.04. The van der Waals surface area contributed by atoms with E-state index in [0.717, 1.165) is 18.1 Å². The van der Waals surface area contributed by atoms with Crippen molar-refractivity contribution in [3.63, 3.8) is 0 Å². The molecule has 0 saturated heterocycles. The van der Waals surface area contributed by atoms with Gasteiger partial charge in [0.2, 0.25) is 0 Å². The van der Waals surface area contributed by atoms with Crippen molar-refractivity contribution in [2.24, 2.45) is 5.92 Å². The lowest BCUT2D eigenvalue weighted by Gasteiger charge is -2.20. The number of benzene rings is 1. The largest absolute Gasteiger partial charge is 0.497 e. The molecule has 0 bridgehead atoms. The molecule has 22 heavy (non-hydrogen) atoms. The molecule has 0 heterocycles. The molecule has 120 valence electrons. The van der Waals surface area contributed by atoms with Crippen molar-refractivity contribution in [1.82, 2.24) is 0 Å². The van der Waals surface area contributed by atoms with Gasteiger partial charge in [0.05, 0.1) is 7.11 Å². The molecule has 2 rings (SSSR count). The van der Waals surface area contributed by atoms with Gasteiger partial charge in [-0.25, -0.2) is 0 Å². The van der Waals surface area contributed by atoms with Crippen molar-refractivity contribution in [3.8, 4) is 5.75 Å². The van der Waals surface area contributed by atoms with Crippen LogP contribution in [0.4, 0.5) is 0 Å². The monoisotopic (exact) mass is 298 g/mol. The van der Waals surface area contributed by atoms with Crippen LogP contribution in [0, 0.1) is 5.92 Å². The summed E-state index contributed by atoms with van der Waals surface area (Å²) in [5.74, 6) is 1.71. The van der Waals surface area contributed by atoms with Gasteiger partial charge in [-0.3, -0.25) is 0 Å². The zero-order chi connectivity index (χ0) is 15.6. The molecule has 0 spiro atoms. The third-order valence-corrected chi connectivity index (χ3v) is 4.49. The molecule has 1 aromatic carbocycles. The number of hydrogen-bond acceptors (Lipinski definition) is 1. The van der Waals surface area contributed by atoms with Gasteiger partial charge in [-0.05, 0) is 54.9 Å². The predicted octanol–water partition coefficient (Wildman–Crippen LogP) is 6.41. The van der Waals surface area contributed by atoms with Crippen LogP contribution < -0.4 is 4.74 Å². The molecule has 1 heteroatoms. The molecule has 0 amide bonds. The smallest absolute Gasteiger partial charge is 0.119 e. The number of rotatable bonds is 7. The summed E-state index contributed by atoms with van der Waals surface area (Å²) in [7, 11) is 1.74. The Morgan fingerprint density at radius 2 is 2.00 bits per heavy atom. The molecule has 1 aliphatic rings. The van der Waals surface area contributed by atoms with Gasteiger partial charge >= 0.3 is 0 Å². The topological polar surface area (TPSA) is 9.23 Å². The van der Waals surface area contributed by atoms with E-state index in [2.05, 4.69) is 43.4 Å². The highest BCUT2D eigenvalue weighted by Crippen LogP contribution is 2.30. The molecule has 0 unspecified atom stereocenters. The number of hydrogen-bond donors (Lipinski definition) is 0. The average Bonchev–Trinajstić information content (AvgIpc) is 2.58. The minimum absolute atomic E-state index is 0.759. The molecule has 1 aliphatic carbocycles. The first-order chi connectivity index (χ1) is 10.8. The van der Waals surface area contributed by atoms with Crippen LogP contribution in [0.15, 0.2) is 42.5 Å². The van der Waals surface area contributed by atoms with E-state index in [0.29, 0.717) is 0 Å². The molecule has 0 aliphatic heterocycles. The Kier molecular flexibility index (Phi) is 7.28. The molecule has 1 nitrogen and oxygen atoms in total. The van der Waals surface area contributed by atoms with E-state index < -0.39 is 0 Å². The fraction of sp³-hybridized carbons (Fsp3) is 0.524. The first kappa shape index (κ1) is 16.9. The number of allylic oxidation sites excluding steroid dienone is 4. The fourth-order valence-corrected chi connectivity index (χ4v) is 3.19. The van der Waals surface area contributed by atoms with Crippen molar-refractivity contribution in [3.05, 3.63) is 48.1 Å². The van der Waals surface area contributed by atoms with Crippen LogP contribution in [0.3, 0.4) is 0 Å². The van der Waals surface area contributed by atoms with Gasteiger partial charge in [0.25, 0.3) is 0 Å². The van der Waals surface area contributed by atoms with Crippen LogP contribution in [0.25, 0.3) is 5.57 Å². The van der Waals surface area contributed by atoms with Gasteiger partial charge in [-0.15, -0.1) is 0 Å². The summed E-state index contributed by atoms with van der Waals surface area (Å²) in [4.78, 5) is 0. The second-order valence-electron chi connectivity index (χ2n) is 6.29. The molecule has 0 atom stereocenters. The second kappa shape index (κ2) is 9.50. The summed E-state index contributed by atoms with van der Waals surface area (Å²) in [6, 6.07) is 8.50. The Morgan fingerprint density at radius 3 is 2.73 bits per heavy atom. The van der Waals surface area contributed by atoms with E-state index >= 15 is 0 Å². The third kappa shape index (κ3) is 5.36. The maximum atomic E-state index is 5.39. The predicted molar refractivity (Wildman–Crippen MR) is 96.2 cm³/mol. The standard InChI is InChI=1S/C21H30O/c1-3-4-5-9-13-19(16-18-11-7-6-8-12-18)20-14-10-15-21(17-20)22-2/h5,9-10,14-18H,3-4,6-8,11-13H2,1-2H3/b9-5+,19-16+. The molecular formula is C21H30O. The first-order valence-electron chi connectivity index (χ1n) is 8.83. The summed E-state index contributed by atoms with van der Waals surface area (Å²) < 4.78 is 5.39. The van der Waals surface area contributed by atoms with Crippen molar-refractivity contribution in [2.75, 3.05) is 7.11 Å². The minimum atomic E-state index is 0.759.